The normalized spacial score (nSPS) is 14.7. The van der Waals surface area contributed by atoms with Gasteiger partial charge in [0.2, 0.25) is 25.0 Å². The molecule has 0 spiro atoms. The highest BCUT2D eigenvalue weighted by molar-refractivity contribution is 6.74. The highest BCUT2D eigenvalue weighted by Crippen LogP contribution is 2.13. The topological polar surface area (TPSA) is 103 Å². The molecule has 12 heteroatoms. The number of carbonyl (C=O) groups excluding carboxylic acids is 3. The van der Waals surface area contributed by atoms with Gasteiger partial charge in [-0.05, 0) is 84.7 Å². The Hall–Kier alpha value is -0.802. The van der Waals surface area contributed by atoms with Crippen LogP contribution in [0.4, 0.5) is 0 Å². The molecule has 0 aromatic rings. The van der Waals surface area contributed by atoms with Crippen LogP contribution in [0.3, 0.4) is 0 Å². The van der Waals surface area contributed by atoms with Gasteiger partial charge in [-0.2, -0.15) is 0 Å². The van der Waals surface area contributed by atoms with E-state index in [0.29, 0.717) is 19.4 Å². The summed E-state index contributed by atoms with van der Waals surface area (Å²) in [7, 11) is -7.65. The monoisotopic (exact) mass is 564 g/mol. The van der Waals surface area contributed by atoms with Crippen molar-refractivity contribution in [2.45, 2.75) is 123 Å². The number of hydrogen-bond acceptors (Lipinski definition) is 8. The van der Waals surface area contributed by atoms with Gasteiger partial charge in [-0.3, -0.25) is 14.4 Å². The second-order valence-corrected chi connectivity index (χ2v) is 31.2. The van der Waals surface area contributed by atoms with Crippen molar-refractivity contribution in [1.82, 2.24) is 10.3 Å². The molecule has 0 amide bonds. The van der Waals surface area contributed by atoms with E-state index in [1.807, 2.05) is 58.9 Å². The van der Waals surface area contributed by atoms with Crippen LogP contribution < -0.4 is 10.3 Å². The summed E-state index contributed by atoms with van der Waals surface area (Å²) in [6.45, 7) is 24.9. The van der Waals surface area contributed by atoms with Crippen molar-refractivity contribution in [2.75, 3.05) is 6.54 Å². The number of carbonyl (C=O) groups is 3. The quantitative estimate of drug-likeness (QED) is 0.203. The molecule has 0 aliphatic rings. The molecule has 8 nitrogen and oxygen atoms in total. The van der Waals surface area contributed by atoms with Gasteiger partial charge in [0.25, 0.3) is 5.97 Å². The maximum Gasteiger partial charge on any atom is 0.309 e. The molecule has 2 N–H and O–H groups in total. The maximum absolute atomic E-state index is 12.8. The number of rotatable bonds is 16. The summed E-state index contributed by atoms with van der Waals surface area (Å²) in [6, 6.07) is -0.860. The molecule has 0 heterocycles. The highest BCUT2D eigenvalue weighted by Gasteiger charge is 2.30. The molecule has 2 unspecified atom stereocenters. The van der Waals surface area contributed by atoms with Crippen molar-refractivity contribution in [1.29, 1.82) is 0 Å². The number of unbranched alkanes of at least 4 members (excludes halogenated alkanes) is 1. The minimum atomic E-state index is -2.05. The molecule has 0 radical (unpaired) electrons. The second kappa shape index (κ2) is 14.2. The molecule has 0 saturated carbocycles. The lowest BCUT2D eigenvalue weighted by Crippen LogP contribution is -2.53. The van der Waals surface area contributed by atoms with E-state index in [4.69, 9.17) is 13.3 Å². The summed E-state index contributed by atoms with van der Waals surface area (Å²) in [5, 5.41) is 3.28. The molecule has 0 fully saturated rings. The Kier molecular flexibility index (Phi) is 13.9. The van der Waals surface area contributed by atoms with Crippen molar-refractivity contribution in [3.63, 3.8) is 0 Å². The van der Waals surface area contributed by atoms with E-state index in [9.17, 15) is 14.4 Å². The lowest BCUT2D eigenvalue weighted by molar-refractivity contribution is -0.139. The second-order valence-electron chi connectivity index (χ2n) is 13.1. The smallest absolute Gasteiger partial charge is 0.309 e. The van der Waals surface area contributed by atoms with Crippen molar-refractivity contribution in [2.24, 2.45) is 0 Å². The lowest BCUT2D eigenvalue weighted by Gasteiger charge is -2.29. The Balaban J connectivity index is 4.94. The minimum absolute atomic E-state index is 0.156. The average molecular weight is 565 g/mol. The largest absolute Gasteiger partial charge is 0.520 e. The van der Waals surface area contributed by atoms with Crippen molar-refractivity contribution in [3.8, 4) is 0 Å². The molecule has 206 valence electrons. The van der Waals surface area contributed by atoms with Gasteiger partial charge < -0.3 is 23.6 Å². The zero-order valence-corrected chi connectivity index (χ0v) is 28.3. The van der Waals surface area contributed by atoms with E-state index in [1.165, 1.54) is 0 Å². The van der Waals surface area contributed by atoms with E-state index >= 15 is 0 Å². The molecule has 0 aliphatic heterocycles. The summed E-state index contributed by atoms with van der Waals surface area (Å²) in [5.41, 5.74) is 0. The Morgan fingerprint density at radius 1 is 0.629 bits per heavy atom. The van der Waals surface area contributed by atoms with Gasteiger partial charge in [0, 0.05) is 6.42 Å². The van der Waals surface area contributed by atoms with Gasteiger partial charge >= 0.3 is 11.9 Å². The first kappa shape index (κ1) is 34.2. The third-order valence-electron chi connectivity index (χ3n) is 4.36. The Morgan fingerprint density at radius 3 is 1.51 bits per heavy atom. The summed E-state index contributed by atoms with van der Waals surface area (Å²) in [4.78, 5) is 41.2. The van der Waals surface area contributed by atoms with Gasteiger partial charge in [0.1, 0.15) is 14.3 Å². The SMILES string of the molecule is C[Si](C)(C)NC(CCCCNC(CCC(=O)O[Si](C)(C)C)C(=O)O[Si](C)(C)C)C(=O)O[Si](C)(C)C. The van der Waals surface area contributed by atoms with E-state index in [0.717, 1.165) is 12.8 Å². The molecular weight excluding hydrogens is 513 g/mol. The summed E-state index contributed by atoms with van der Waals surface area (Å²) in [5.74, 6) is -0.725. The fourth-order valence-electron chi connectivity index (χ4n) is 3.23. The standard InChI is InChI=1S/C23H52N2O6Si4/c1-32(2,3)25-20(23(28)31-35(10,11)12)15-13-14-18-24-19(22(27)30-34(7,8)9)16-17-21(26)29-33(4,5)6/h19-20,24-25H,13-18H2,1-12H3. The van der Waals surface area contributed by atoms with Gasteiger partial charge in [0.05, 0.1) is 6.04 Å². The van der Waals surface area contributed by atoms with Crippen LogP contribution in [0.5, 0.6) is 0 Å². The zero-order chi connectivity index (χ0) is 27.7. The molecule has 2 atom stereocenters. The van der Waals surface area contributed by atoms with Crippen LogP contribution in [0, 0.1) is 0 Å². The maximum atomic E-state index is 12.8. The van der Waals surface area contributed by atoms with Crippen molar-refractivity contribution >= 4 is 51.1 Å². The molecule has 0 aromatic carbocycles. The fraction of sp³-hybridized carbons (Fsp3) is 0.870. The number of hydrogen-bond donors (Lipinski definition) is 2. The fourth-order valence-corrected chi connectivity index (χ4v) is 6.81. The molecule has 0 rings (SSSR count). The third-order valence-corrected chi connectivity index (χ3v) is 8.04. The Morgan fingerprint density at radius 2 is 1.09 bits per heavy atom. The molecule has 0 aliphatic carbocycles. The van der Waals surface area contributed by atoms with E-state index in [1.54, 1.807) is 0 Å². The van der Waals surface area contributed by atoms with E-state index in [2.05, 4.69) is 29.9 Å². The molecule has 0 bridgehead atoms. The summed E-state index contributed by atoms with van der Waals surface area (Å²) < 4.78 is 17.0. The van der Waals surface area contributed by atoms with Crippen LogP contribution in [0.15, 0.2) is 0 Å². The predicted octanol–water partition coefficient (Wildman–Crippen LogP) is 4.82. The van der Waals surface area contributed by atoms with Crippen molar-refractivity contribution < 1.29 is 27.7 Å². The summed E-state index contributed by atoms with van der Waals surface area (Å²) in [6.07, 6.45) is 2.80. The van der Waals surface area contributed by atoms with E-state index in [-0.39, 0.29) is 30.4 Å². The van der Waals surface area contributed by atoms with Crippen LogP contribution in [0.25, 0.3) is 0 Å². The van der Waals surface area contributed by atoms with Crippen molar-refractivity contribution in [3.05, 3.63) is 0 Å². The Labute approximate surface area is 218 Å². The molecule has 0 aromatic heterocycles. The first-order valence-electron chi connectivity index (χ1n) is 12.8. The molecule has 35 heavy (non-hydrogen) atoms. The Bertz CT molecular complexity index is 694. The molecular formula is C23H52N2O6Si4. The minimum Gasteiger partial charge on any atom is -0.520 e. The number of nitrogens with one attached hydrogen (secondary N) is 2. The van der Waals surface area contributed by atoms with Gasteiger partial charge in [0.15, 0.2) is 0 Å². The van der Waals surface area contributed by atoms with E-state index < -0.39 is 39.2 Å². The third kappa shape index (κ3) is 20.0. The van der Waals surface area contributed by atoms with Gasteiger partial charge in [-0.25, -0.2) is 0 Å². The average Bonchev–Trinajstić information content (AvgIpc) is 2.57. The summed E-state index contributed by atoms with van der Waals surface area (Å²) >= 11 is 0. The highest BCUT2D eigenvalue weighted by atomic mass is 28.4. The first-order valence-corrected chi connectivity index (χ1v) is 26.5. The molecule has 0 saturated heterocycles. The first-order chi connectivity index (χ1) is 15.6. The lowest BCUT2D eigenvalue weighted by atomic mass is 10.1. The zero-order valence-electron chi connectivity index (χ0n) is 24.3. The van der Waals surface area contributed by atoms with Crippen LogP contribution >= 0.6 is 0 Å². The van der Waals surface area contributed by atoms with Gasteiger partial charge in [-0.1, -0.05) is 26.1 Å². The van der Waals surface area contributed by atoms with Crippen LogP contribution in [-0.2, 0) is 27.7 Å². The van der Waals surface area contributed by atoms with Crippen LogP contribution in [0.2, 0.25) is 78.6 Å². The predicted molar refractivity (Wildman–Crippen MR) is 153 cm³/mol. The van der Waals surface area contributed by atoms with Crippen LogP contribution in [-0.4, -0.2) is 69.7 Å². The van der Waals surface area contributed by atoms with Crippen LogP contribution in [0.1, 0.15) is 32.1 Å². The van der Waals surface area contributed by atoms with Gasteiger partial charge in [-0.15, -0.1) is 0 Å².